The van der Waals surface area contributed by atoms with Crippen molar-refractivity contribution in [3.8, 4) is 0 Å². The number of hydrogen-bond donors (Lipinski definition) is 1. The second kappa shape index (κ2) is 6.96. The molecule has 1 rings (SSSR count). The van der Waals surface area contributed by atoms with E-state index >= 15 is 0 Å². The van der Waals surface area contributed by atoms with E-state index in [2.05, 4.69) is 12.2 Å². The lowest BCUT2D eigenvalue weighted by Gasteiger charge is -2.06. The van der Waals surface area contributed by atoms with Crippen LogP contribution in [0.25, 0.3) is 0 Å². The molecule has 0 bridgehead atoms. The lowest BCUT2D eigenvalue weighted by molar-refractivity contribution is 0.628. The summed E-state index contributed by atoms with van der Waals surface area (Å²) in [5.74, 6) is 1.98. The van der Waals surface area contributed by atoms with Crippen LogP contribution < -0.4 is 5.32 Å². The summed E-state index contributed by atoms with van der Waals surface area (Å²) in [6, 6.07) is 4.50. The van der Waals surface area contributed by atoms with E-state index in [1.807, 2.05) is 11.8 Å². The molecule has 0 fully saturated rings. The molecular formula is C11H15ClFNS. The van der Waals surface area contributed by atoms with E-state index in [0.717, 1.165) is 30.2 Å². The van der Waals surface area contributed by atoms with Crippen LogP contribution in [0.5, 0.6) is 0 Å². The van der Waals surface area contributed by atoms with Crippen LogP contribution in [0.4, 0.5) is 10.1 Å². The van der Waals surface area contributed by atoms with Crippen molar-refractivity contribution in [3.63, 3.8) is 0 Å². The van der Waals surface area contributed by atoms with E-state index < -0.39 is 0 Å². The SMILES string of the molecule is CCSCCCNc1cc(F)cc(Cl)c1. The second-order valence-electron chi connectivity index (χ2n) is 3.14. The van der Waals surface area contributed by atoms with Crippen LogP contribution in [0.2, 0.25) is 5.02 Å². The van der Waals surface area contributed by atoms with E-state index in [9.17, 15) is 4.39 Å². The van der Waals surface area contributed by atoms with Gasteiger partial charge in [-0.2, -0.15) is 11.8 Å². The van der Waals surface area contributed by atoms with Crippen LogP contribution in [0.3, 0.4) is 0 Å². The number of rotatable bonds is 6. The molecule has 0 spiro atoms. The van der Waals surface area contributed by atoms with Crippen molar-refractivity contribution in [1.82, 2.24) is 0 Å². The first-order valence-electron chi connectivity index (χ1n) is 5.00. The van der Waals surface area contributed by atoms with Gasteiger partial charge in [0.15, 0.2) is 0 Å². The van der Waals surface area contributed by atoms with Crippen LogP contribution in [0.1, 0.15) is 13.3 Å². The first-order valence-corrected chi connectivity index (χ1v) is 6.53. The smallest absolute Gasteiger partial charge is 0.126 e. The summed E-state index contributed by atoms with van der Waals surface area (Å²) >= 11 is 7.64. The maximum Gasteiger partial charge on any atom is 0.126 e. The summed E-state index contributed by atoms with van der Waals surface area (Å²) in [6.45, 7) is 3.00. The summed E-state index contributed by atoms with van der Waals surface area (Å²) in [7, 11) is 0. The third-order valence-electron chi connectivity index (χ3n) is 1.86. The van der Waals surface area contributed by atoms with E-state index in [1.165, 1.54) is 12.1 Å². The number of halogens is 2. The van der Waals surface area contributed by atoms with Crippen molar-refractivity contribution in [2.45, 2.75) is 13.3 Å². The molecule has 0 unspecified atom stereocenters. The van der Waals surface area contributed by atoms with Gasteiger partial charge in [-0.05, 0) is 36.1 Å². The average molecular weight is 248 g/mol. The lowest BCUT2D eigenvalue weighted by atomic mass is 10.3. The summed E-state index contributed by atoms with van der Waals surface area (Å²) in [4.78, 5) is 0. The Hall–Kier alpha value is -0.410. The Morgan fingerprint density at radius 3 is 2.87 bits per heavy atom. The van der Waals surface area contributed by atoms with Crippen molar-refractivity contribution < 1.29 is 4.39 Å². The van der Waals surface area contributed by atoms with Gasteiger partial charge in [-0.1, -0.05) is 18.5 Å². The second-order valence-corrected chi connectivity index (χ2v) is 4.97. The fourth-order valence-electron chi connectivity index (χ4n) is 1.21. The Bertz CT molecular complexity index is 286. The lowest BCUT2D eigenvalue weighted by Crippen LogP contribution is -2.02. The van der Waals surface area contributed by atoms with Gasteiger partial charge in [0.25, 0.3) is 0 Å². The number of nitrogens with one attached hydrogen (secondary N) is 1. The molecule has 0 aromatic heterocycles. The van der Waals surface area contributed by atoms with Crippen molar-refractivity contribution in [2.75, 3.05) is 23.4 Å². The molecule has 0 heterocycles. The van der Waals surface area contributed by atoms with E-state index in [0.29, 0.717) is 5.02 Å². The van der Waals surface area contributed by atoms with E-state index in [1.54, 1.807) is 6.07 Å². The highest BCUT2D eigenvalue weighted by Gasteiger charge is 1.98. The summed E-state index contributed by atoms with van der Waals surface area (Å²) < 4.78 is 12.9. The Labute approximate surface area is 99.4 Å². The Balaban J connectivity index is 2.31. The van der Waals surface area contributed by atoms with Gasteiger partial charge in [0, 0.05) is 17.3 Å². The minimum atomic E-state index is -0.298. The molecule has 0 amide bonds. The molecule has 1 aromatic carbocycles. The van der Waals surface area contributed by atoms with Crippen molar-refractivity contribution >= 4 is 29.1 Å². The topological polar surface area (TPSA) is 12.0 Å². The average Bonchev–Trinajstić information content (AvgIpc) is 2.16. The zero-order chi connectivity index (χ0) is 11.1. The standard InChI is InChI=1S/C11H15ClFNS/c1-2-15-5-3-4-14-11-7-9(12)6-10(13)8-11/h6-8,14H,2-5H2,1H3. The Morgan fingerprint density at radius 2 is 2.20 bits per heavy atom. The number of thioether (sulfide) groups is 1. The minimum Gasteiger partial charge on any atom is -0.385 e. The number of hydrogen-bond acceptors (Lipinski definition) is 2. The highest BCUT2D eigenvalue weighted by atomic mass is 35.5. The maximum absolute atomic E-state index is 12.9. The Kier molecular flexibility index (Phi) is 5.88. The first-order chi connectivity index (χ1) is 7.22. The van der Waals surface area contributed by atoms with Crippen LogP contribution in [0.15, 0.2) is 18.2 Å². The van der Waals surface area contributed by atoms with Crippen LogP contribution in [-0.4, -0.2) is 18.1 Å². The normalized spacial score (nSPS) is 10.3. The molecule has 1 aromatic rings. The van der Waals surface area contributed by atoms with Crippen LogP contribution >= 0.6 is 23.4 Å². The molecular weight excluding hydrogens is 233 g/mol. The van der Waals surface area contributed by atoms with Crippen molar-refractivity contribution in [1.29, 1.82) is 0 Å². The zero-order valence-corrected chi connectivity index (χ0v) is 10.3. The predicted molar refractivity (Wildman–Crippen MR) is 67.5 cm³/mol. The summed E-state index contributed by atoms with van der Waals surface area (Å²) in [5, 5.41) is 3.58. The molecule has 4 heteroatoms. The van der Waals surface area contributed by atoms with Crippen LogP contribution in [-0.2, 0) is 0 Å². The third-order valence-corrected chi connectivity index (χ3v) is 3.07. The van der Waals surface area contributed by atoms with Gasteiger partial charge < -0.3 is 5.32 Å². The van der Waals surface area contributed by atoms with Crippen molar-refractivity contribution in [2.24, 2.45) is 0 Å². The fourth-order valence-corrected chi connectivity index (χ4v) is 2.07. The molecule has 0 aliphatic carbocycles. The van der Waals surface area contributed by atoms with E-state index in [4.69, 9.17) is 11.6 Å². The molecule has 1 N–H and O–H groups in total. The highest BCUT2D eigenvalue weighted by molar-refractivity contribution is 7.99. The molecule has 1 nitrogen and oxygen atoms in total. The fraction of sp³-hybridized carbons (Fsp3) is 0.455. The number of benzene rings is 1. The van der Waals surface area contributed by atoms with Gasteiger partial charge in [-0.25, -0.2) is 4.39 Å². The molecule has 84 valence electrons. The van der Waals surface area contributed by atoms with Gasteiger partial charge in [0.05, 0.1) is 0 Å². The zero-order valence-electron chi connectivity index (χ0n) is 8.72. The van der Waals surface area contributed by atoms with Crippen molar-refractivity contribution in [3.05, 3.63) is 29.0 Å². The van der Waals surface area contributed by atoms with Crippen LogP contribution in [0, 0.1) is 5.82 Å². The van der Waals surface area contributed by atoms with Gasteiger partial charge in [-0.15, -0.1) is 0 Å². The first kappa shape index (κ1) is 12.7. The molecule has 0 aliphatic heterocycles. The monoisotopic (exact) mass is 247 g/mol. The maximum atomic E-state index is 12.9. The molecule has 0 saturated heterocycles. The largest absolute Gasteiger partial charge is 0.385 e. The van der Waals surface area contributed by atoms with E-state index in [-0.39, 0.29) is 5.82 Å². The molecule has 0 atom stereocenters. The van der Waals surface area contributed by atoms with Gasteiger partial charge in [-0.3, -0.25) is 0 Å². The molecule has 0 radical (unpaired) electrons. The predicted octanol–water partition coefficient (Wildman–Crippen LogP) is 4.03. The van der Waals surface area contributed by atoms with Gasteiger partial charge in [0.1, 0.15) is 5.82 Å². The summed E-state index contributed by atoms with van der Waals surface area (Å²) in [5.41, 5.74) is 0.751. The van der Waals surface area contributed by atoms with Gasteiger partial charge in [0.2, 0.25) is 0 Å². The Morgan fingerprint density at radius 1 is 1.40 bits per heavy atom. The third kappa shape index (κ3) is 5.28. The van der Waals surface area contributed by atoms with Gasteiger partial charge >= 0.3 is 0 Å². The minimum absolute atomic E-state index is 0.298. The molecule has 0 aliphatic rings. The highest BCUT2D eigenvalue weighted by Crippen LogP contribution is 2.17. The molecule has 0 saturated carbocycles. The quantitative estimate of drug-likeness (QED) is 0.762. The number of anilines is 1. The summed E-state index contributed by atoms with van der Waals surface area (Å²) in [6.07, 6.45) is 1.08. The molecule has 15 heavy (non-hydrogen) atoms.